The van der Waals surface area contributed by atoms with Crippen LogP contribution in [0.2, 0.25) is 0 Å². The Balaban J connectivity index is 1.50. The molecule has 1 aliphatic rings. The Labute approximate surface area is 207 Å². The monoisotopic (exact) mass is 471 g/mol. The van der Waals surface area contributed by atoms with Gasteiger partial charge in [0, 0.05) is 42.9 Å². The number of amides is 1. The zero-order chi connectivity index (χ0) is 24.8. The molecule has 182 valence electrons. The lowest BCUT2D eigenvalue weighted by molar-refractivity contribution is 0.0988. The van der Waals surface area contributed by atoms with E-state index in [1.807, 2.05) is 67.6 Å². The summed E-state index contributed by atoms with van der Waals surface area (Å²) < 4.78 is 5.51. The van der Waals surface area contributed by atoms with Gasteiger partial charge < -0.3 is 19.9 Å². The summed E-state index contributed by atoms with van der Waals surface area (Å²) in [7, 11) is 3.71. The predicted octanol–water partition coefficient (Wildman–Crippen LogP) is 4.82. The van der Waals surface area contributed by atoms with Crippen LogP contribution < -0.4 is 15.0 Å². The predicted molar refractivity (Wildman–Crippen MR) is 141 cm³/mol. The molecule has 0 aromatic heterocycles. The summed E-state index contributed by atoms with van der Waals surface area (Å²) in [5.74, 6) is 0.278. The van der Waals surface area contributed by atoms with E-state index < -0.39 is 0 Å². The second-order valence-corrected chi connectivity index (χ2v) is 9.11. The van der Waals surface area contributed by atoms with E-state index in [1.165, 1.54) is 0 Å². The molecule has 0 bridgehead atoms. The van der Waals surface area contributed by atoms with Crippen LogP contribution in [0, 0.1) is 6.92 Å². The van der Waals surface area contributed by atoms with Gasteiger partial charge in [-0.15, -0.1) is 0 Å². The lowest BCUT2D eigenvalue weighted by Gasteiger charge is -2.23. The number of para-hydroxylation sites is 1. The number of ketones is 1. The fourth-order valence-electron chi connectivity index (χ4n) is 4.36. The van der Waals surface area contributed by atoms with E-state index >= 15 is 0 Å². The molecule has 0 radical (unpaired) electrons. The van der Waals surface area contributed by atoms with Crippen LogP contribution in [0.3, 0.4) is 0 Å². The summed E-state index contributed by atoms with van der Waals surface area (Å²) in [5, 5.41) is 2.99. The van der Waals surface area contributed by atoms with Crippen LogP contribution in [0.25, 0.3) is 0 Å². The van der Waals surface area contributed by atoms with Crippen LogP contribution in [0.1, 0.15) is 38.3 Å². The van der Waals surface area contributed by atoms with Crippen molar-refractivity contribution < 1.29 is 14.3 Å². The van der Waals surface area contributed by atoms with Gasteiger partial charge in [-0.1, -0.05) is 42.0 Å². The number of hydrogen-bond acceptors (Lipinski definition) is 5. The third kappa shape index (κ3) is 6.08. The largest absolute Gasteiger partial charge is 0.495 e. The van der Waals surface area contributed by atoms with E-state index in [0.717, 1.165) is 43.9 Å². The highest BCUT2D eigenvalue weighted by Gasteiger charge is 2.18. The number of methoxy groups -OCH3 is 1. The summed E-state index contributed by atoms with van der Waals surface area (Å²) in [6.07, 6.45) is 1.29. The lowest BCUT2D eigenvalue weighted by Crippen LogP contribution is -2.28. The lowest BCUT2D eigenvalue weighted by atomic mass is 10.00. The summed E-state index contributed by atoms with van der Waals surface area (Å²) in [5.41, 5.74) is 4.67. The minimum absolute atomic E-state index is 0.0128. The topological polar surface area (TPSA) is 61.9 Å². The van der Waals surface area contributed by atoms with Crippen molar-refractivity contribution in [3.05, 3.63) is 89.0 Å². The first-order valence-electron chi connectivity index (χ1n) is 12.1. The minimum atomic E-state index is -0.235. The quantitative estimate of drug-likeness (QED) is 0.501. The van der Waals surface area contributed by atoms with Crippen LogP contribution in [-0.4, -0.2) is 56.9 Å². The van der Waals surface area contributed by atoms with Crippen LogP contribution >= 0.6 is 0 Å². The highest BCUT2D eigenvalue weighted by molar-refractivity contribution is 6.06. The Morgan fingerprint density at radius 3 is 2.31 bits per heavy atom. The van der Waals surface area contributed by atoms with Crippen molar-refractivity contribution in [1.82, 2.24) is 4.90 Å². The summed E-state index contributed by atoms with van der Waals surface area (Å²) in [6.45, 7) is 6.10. The van der Waals surface area contributed by atoms with Gasteiger partial charge in [-0.05, 0) is 62.8 Å². The number of Topliss-reactive ketones (excluding diaryl/α,β-unsaturated/α-hetero) is 1. The van der Waals surface area contributed by atoms with E-state index in [-0.39, 0.29) is 18.1 Å². The molecular formula is C29H33N3O3. The number of benzene rings is 3. The van der Waals surface area contributed by atoms with Crippen LogP contribution in [-0.2, 0) is 6.42 Å². The number of ether oxygens (including phenoxy) is 1. The summed E-state index contributed by atoms with van der Waals surface area (Å²) in [6, 6.07) is 20.7. The molecule has 0 atom stereocenters. The van der Waals surface area contributed by atoms with Gasteiger partial charge in [-0.25, -0.2) is 0 Å². The first kappa shape index (κ1) is 24.5. The highest BCUT2D eigenvalue weighted by atomic mass is 16.5. The number of carbonyl (C=O) groups excluding carboxylic acids is 2. The Kier molecular flexibility index (Phi) is 7.83. The number of hydrogen-bond donors (Lipinski definition) is 1. The molecule has 0 unspecified atom stereocenters. The van der Waals surface area contributed by atoms with Gasteiger partial charge >= 0.3 is 0 Å². The zero-order valence-electron chi connectivity index (χ0n) is 20.7. The summed E-state index contributed by atoms with van der Waals surface area (Å²) in [4.78, 5) is 30.8. The molecule has 35 heavy (non-hydrogen) atoms. The van der Waals surface area contributed by atoms with Crippen LogP contribution in [0.4, 0.5) is 11.4 Å². The number of anilines is 2. The molecule has 4 rings (SSSR count). The average Bonchev–Trinajstić information content (AvgIpc) is 3.09. The van der Waals surface area contributed by atoms with Gasteiger partial charge in [-0.2, -0.15) is 0 Å². The molecule has 0 saturated carbocycles. The van der Waals surface area contributed by atoms with Gasteiger partial charge in [0.15, 0.2) is 5.78 Å². The van der Waals surface area contributed by atoms with Gasteiger partial charge in [0.25, 0.3) is 5.91 Å². The van der Waals surface area contributed by atoms with Crippen molar-refractivity contribution in [3.8, 4) is 5.75 Å². The molecule has 1 saturated heterocycles. The van der Waals surface area contributed by atoms with E-state index in [4.69, 9.17) is 4.74 Å². The number of likely N-dealkylation sites (N-methyl/N-ethyl adjacent to an activating group) is 1. The fourth-order valence-corrected chi connectivity index (χ4v) is 4.36. The van der Waals surface area contributed by atoms with Gasteiger partial charge in [0.1, 0.15) is 5.75 Å². The normalized spacial score (nSPS) is 14.3. The third-order valence-electron chi connectivity index (χ3n) is 6.51. The molecule has 6 nitrogen and oxygen atoms in total. The number of nitrogens with one attached hydrogen (secondary N) is 1. The number of carbonyl (C=O) groups is 2. The second-order valence-electron chi connectivity index (χ2n) is 9.11. The molecular weight excluding hydrogens is 438 g/mol. The van der Waals surface area contributed by atoms with E-state index in [0.29, 0.717) is 28.1 Å². The van der Waals surface area contributed by atoms with E-state index in [9.17, 15) is 9.59 Å². The molecule has 1 heterocycles. The Bertz CT molecular complexity index is 1170. The van der Waals surface area contributed by atoms with Crippen molar-refractivity contribution in [2.24, 2.45) is 0 Å². The average molecular weight is 472 g/mol. The number of aryl methyl sites for hydroxylation is 1. The Hall–Kier alpha value is -3.64. The van der Waals surface area contributed by atoms with Crippen molar-refractivity contribution in [3.63, 3.8) is 0 Å². The molecule has 6 heteroatoms. The van der Waals surface area contributed by atoms with E-state index in [1.54, 1.807) is 13.2 Å². The Morgan fingerprint density at radius 1 is 0.886 bits per heavy atom. The minimum Gasteiger partial charge on any atom is -0.495 e. The number of nitrogens with zero attached hydrogens (tertiary/aromatic N) is 2. The highest BCUT2D eigenvalue weighted by Crippen LogP contribution is 2.30. The van der Waals surface area contributed by atoms with Crippen molar-refractivity contribution in [2.75, 3.05) is 50.6 Å². The van der Waals surface area contributed by atoms with Crippen molar-refractivity contribution in [2.45, 2.75) is 19.8 Å². The molecule has 3 aromatic rings. The molecule has 1 aliphatic heterocycles. The van der Waals surface area contributed by atoms with Gasteiger partial charge in [0.05, 0.1) is 12.8 Å². The smallest absolute Gasteiger partial charge is 0.255 e. The molecule has 1 amide bonds. The SMILES string of the molecule is COc1cccc(CC(=O)c2ccc(C)cc2)c1NC(=O)c1ccc(N2CCCN(C)CC2)cc1. The molecule has 3 aromatic carbocycles. The third-order valence-corrected chi connectivity index (χ3v) is 6.51. The van der Waals surface area contributed by atoms with Crippen molar-refractivity contribution >= 4 is 23.1 Å². The van der Waals surface area contributed by atoms with E-state index in [2.05, 4.69) is 22.2 Å². The van der Waals surface area contributed by atoms with Crippen LogP contribution in [0.15, 0.2) is 66.7 Å². The second kappa shape index (κ2) is 11.2. The standard InChI is InChI=1S/C29H33N3O3/c1-21-8-10-22(11-9-21)26(33)20-24-6-4-7-27(35-3)28(24)30-29(34)23-12-14-25(15-13-23)32-17-5-16-31(2)18-19-32/h4,6-15H,5,16-20H2,1-3H3,(H,30,34). The number of rotatable bonds is 7. The molecule has 0 aliphatic carbocycles. The van der Waals surface area contributed by atoms with Gasteiger partial charge in [-0.3, -0.25) is 9.59 Å². The van der Waals surface area contributed by atoms with Gasteiger partial charge in [0.2, 0.25) is 0 Å². The maximum Gasteiger partial charge on any atom is 0.255 e. The maximum atomic E-state index is 13.1. The van der Waals surface area contributed by atoms with Crippen LogP contribution in [0.5, 0.6) is 5.75 Å². The molecule has 1 fully saturated rings. The first-order valence-corrected chi connectivity index (χ1v) is 12.1. The molecule has 1 N–H and O–H groups in total. The summed E-state index contributed by atoms with van der Waals surface area (Å²) >= 11 is 0. The first-order chi connectivity index (χ1) is 16.9. The zero-order valence-corrected chi connectivity index (χ0v) is 20.7. The Morgan fingerprint density at radius 2 is 1.60 bits per heavy atom. The maximum absolute atomic E-state index is 13.1. The van der Waals surface area contributed by atoms with Crippen molar-refractivity contribution in [1.29, 1.82) is 0 Å². The molecule has 0 spiro atoms. The fraction of sp³-hybridized carbons (Fsp3) is 0.310.